The molecule has 0 saturated heterocycles. The van der Waals surface area contributed by atoms with Gasteiger partial charge in [0.1, 0.15) is 5.76 Å². The quantitative estimate of drug-likeness (QED) is 0.293. The third-order valence-corrected chi connectivity index (χ3v) is 6.18. The Morgan fingerprint density at radius 2 is 1.56 bits per heavy atom. The lowest BCUT2D eigenvalue weighted by Crippen LogP contribution is -2.31. The number of rotatable bonds is 11. The number of hydrogen-bond donors (Lipinski definition) is 1. The SMILES string of the molecule is CCCN(Cc1cccn1Cc1ccc(C(=O)NC(c2ccccc2)c2ccccc2)o1)C(=O)CC. The molecule has 0 aliphatic rings. The van der Waals surface area contributed by atoms with Gasteiger partial charge in [-0.1, -0.05) is 74.5 Å². The van der Waals surface area contributed by atoms with E-state index in [0.717, 1.165) is 29.8 Å². The van der Waals surface area contributed by atoms with Gasteiger partial charge in [-0.2, -0.15) is 0 Å². The molecule has 0 bridgehead atoms. The highest BCUT2D eigenvalue weighted by Gasteiger charge is 2.20. The average molecular weight is 484 g/mol. The van der Waals surface area contributed by atoms with Crippen LogP contribution in [0, 0.1) is 0 Å². The number of nitrogens with zero attached hydrogens (tertiary/aromatic N) is 2. The van der Waals surface area contributed by atoms with Gasteiger partial charge in [0.05, 0.1) is 19.1 Å². The van der Waals surface area contributed by atoms with Crippen LogP contribution in [-0.4, -0.2) is 27.8 Å². The van der Waals surface area contributed by atoms with Crippen molar-refractivity contribution < 1.29 is 14.0 Å². The molecule has 6 nitrogen and oxygen atoms in total. The maximum atomic E-state index is 13.2. The summed E-state index contributed by atoms with van der Waals surface area (Å²) >= 11 is 0. The van der Waals surface area contributed by atoms with E-state index in [1.54, 1.807) is 6.07 Å². The van der Waals surface area contributed by atoms with Crippen molar-refractivity contribution >= 4 is 11.8 Å². The number of benzene rings is 2. The fourth-order valence-electron chi connectivity index (χ4n) is 4.33. The number of hydrogen-bond acceptors (Lipinski definition) is 3. The molecule has 0 fully saturated rings. The van der Waals surface area contributed by atoms with Crippen LogP contribution < -0.4 is 5.32 Å². The molecule has 6 heteroatoms. The van der Waals surface area contributed by atoms with Crippen LogP contribution in [0.25, 0.3) is 0 Å². The van der Waals surface area contributed by atoms with Gasteiger partial charge < -0.3 is 19.2 Å². The first-order valence-corrected chi connectivity index (χ1v) is 12.5. The monoisotopic (exact) mass is 483 g/mol. The Balaban J connectivity index is 1.47. The largest absolute Gasteiger partial charge is 0.454 e. The van der Waals surface area contributed by atoms with Gasteiger partial charge in [0.15, 0.2) is 5.76 Å². The maximum Gasteiger partial charge on any atom is 0.287 e. The van der Waals surface area contributed by atoms with Gasteiger partial charge in [0.25, 0.3) is 5.91 Å². The predicted molar refractivity (Wildman–Crippen MR) is 140 cm³/mol. The number of aromatic nitrogens is 1. The van der Waals surface area contributed by atoms with Crippen molar-refractivity contribution in [1.29, 1.82) is 0 Å². The molecule has 2 heterocycles. The Bertz CT molecular complexity index is 1220. The number of carbonyl (C=O) groups is 2. The highest BCUT2D eigenvalue weighted by Crippen LogP contribution is 2.23. The normalized spacial score (nSPS) is 11.0. The van der Waals surface area contributed by atoms with Crippen molar-refractivity contribution in [3.8, 4) is 0 Å². The molecule has 2 aromatic heterocycles. The topological polar surface area (TPSA) is 67.5 Å². The molecule has 2 amide bonds. The van der Waals surface area contributed by atoms with Gasteiger partial charge in [-0.15, -0.1) is 0 Å². The molecular weight excluding hydrogens is 450 g/mol. The first-order valence-electron chi connectivity index (χ1n) is 12.5. The summed E-state index contributed by atoms with van der Waals surface area (Å²) < 4.78 is 8.01. The van der Waals surface area contributed by atoms with Crippen molar-refractivity contribution in [1.82, 2.24) is 14.8 Å². The molecule has 1 N–H and O–H groups in total. The van der Waals surface area contributed by atoms with Gasteiger partial charge in [-0.05, 0) is 41.8 Å². The fraction of sp³-hybridized carbons (Fsp3) is 0.267. The zero-order valence-corrected chi connectivity index (χ0v) is 20.9. The van der Waals surface area contributed by atoms with Crippen LogP contribution >= 0.6 is 0 Å². The summed E-state index contributed by atoms with van der Waals surface area (Å²) in [4.78, 5) is 27.4. The molecule has 0 radical (unpaired) electrons. The Kier molecular flexibility index (Phi) is 8.40. The molecule has 0 unspecified atom stereocenters. The lowest BCUT2D eigenvalue weighted by Gasteiger charge is -2.22. The van der Waals surface area contributed by atoms with E-state index >= 15 is 0 Å². The Morgan fingerprint density at radius 3 is 2.17 bits per heavy atom. The molecule has 0 spiro atoms. The summed E-state index contributed by atoms with van der Waals surface area (Å²) in [7, 11) is 0. The van der Waals surface area contributed by atoms with E-state index in [9.17, 15) is 9.59 Å². The summed E-state index contributed by atoms with van der Waals surface area (Å²) in [5, 5.41) is 3.12. The molecule has 36 heavy (non-hydrogen) atoms. The lowest BCUT2D eigenvalue weighted by atomic mass is 9.98. The van der Waals surface area contributed by atoms with Gasteiger partial charge in [-0.3, -0.25) is 9.59 Å². The smallest absolute Gasteiger partial charge is 0.287 e. The van der Waals surface area contributed by atoms with Gasteiger partial charge in [-0.25, -0.2) is 0 Å². The van der Waals surface area contributed by atoms with Crippen LogP contribution in [0.15, 0.2) is 95.5 Å². The lowest BCUT2D eigenvalue weighted by molar-refractivity contribution is -0.131. The van der Waals surface area contributed by atoms with E-state index < -0.39 is 0 Å². The molecule has 4 rings (SSSR count). The highest BCUT2D eigenvalue weighted by molar-refractivity contribution is 5.92. The number of amides is 2. The van der Waals surface area contributed by atoms with Crippen LogP contribution in [0.4, 0.5) is 0 Å². The van der Waals surface area contributed by atoms with Crippen molar-refractivity contribution in [2.75, 3.05) is 6.54 Å². The van der Waals surface area contributed by atoms with E-state index in [4.69, 9.17) is 4.42 Å². The second-order valence-electron chi connectivity index (χ2n) is 8.79. The Morgan fingerprint density at radius 1 is 0.889 bits per heavy atom. The zero-order valence-electron chi connectivity index (χ0n) is 20.9. The summed E-state index contributed by atoms with van der Waals surface area (Å²) in [6.07, 6.45) is 3.37. The predicted octanol–water partition coefficient (Wildman–Crippen LogP) is 5.80. The molecular formula is C30H33N3O3. The van der Waals surface area contributed by atoms with E-state index in [0.29, 0.717) is 25.3 Å². The minimum Gasteiger partial charge on any atom is -0.454 e. The third kappa shape index (κ3) is 6.13. The maximum absolute atomic E-state index is 13.2. The van der Waals surface area contributed by atoms with E-state index in [1.807, 2.05) is 96.9 Å². The van der Waals surface area contributed by atoms with E-state index in [-0.39, 0.29) is 23.6 Å². The Labute approximate surface area is 212 Å². The molecule has 186 valence electrons. The summed E-state index contributed by atoms with van der Waals surface area (Å²) in [6.45, 7) is 5.73. The number of carbonyl (C=O) groups excluding carboxylic acids is 2. The second kappa shape index (κ2) is 12.1. The summed E-state index contributed by atoms with van der Waals surface area (Å²) in [5.41, 5.74) is 3.03. The van der Waals surface area contributed by atoms with E-state index in [1.165, 1.54) is 0 Å². The summed E-state index contributed by atoms with van der Waals surface area (Å²) in [6, 6.07) is 27.0. The van der Waals surface area contributed by atoms with E-state index in [2.05, 4.69) is 16.8 Å². The zero-order chi connectivity index (χ0) is 25.3. The van der Waals surface area contributed by atoms with Crippen molar-refractivity contribution in [3.05, 3.63) is 119 Å². The molecule has 2 aromatic carbocycles. The molecule has 4 aromatic rings. The summed E-state index contributed by atoms with van der Waals surface area (Å²) in [5.74, 6) is 0.823. The van der Waals surface area contributed by atoms with Crippen LogP contribution in [0.3, 0.4) is 0 Å². The van der Waals surface area contributed by atoms with Gasteiger partial charge in [0, 0.05) is 24.9 Å². The number of furan rings is 1. The standard InChI is InChI=1S/C30H33N3O3/c1-3-19-33(28(34)4-2)21-25-16-11-20-32(25)22-26-17-18-27(36-26)30(35)31-29(23-12-7-5-8-13-23)24-14-9-6-10-15-24/h5-18,20,29H,3-4,19,21-22H2,1-2H3,(H,31,35). The Hall–Kier alpha value is -4.06. The van der Waals surface area contributed by atoms with Gasteiger partial charge >= 0.3 is 0 Å². The van der Waals surface area contributed by atoms with Crippen molar-refractivity contribution in [2.45, 2.75) is 45.8 Å². The van der Waals surface area contributed by atoms with Crippen molar-refractivity contribution in [3.63, 3.8) is 0 Å². The minimum atomic E-state index is -0.287. The third-order valence-electron chi connectivity index (χ3n) is 6.18. The van der Waals surface area contributed by atoms with Crippen LogP contribution in [0.2, 0.25) is 0 Å². The number of nitrogens with one attached hydrogen (secondary N) is 1. The van der Waals surface area contributed by atoms with Crippen LogP contribution in [-0.2, 0) is 17.9 Å². The van der Waals surface area contributed by atoms with Crippen LogP contribution in [0.1, 0.15) is 65.9 Å². The fourth-order valence-corrected chi connectivity index (χ4v) is 4.33. The van der Waals surface area contributed by atoms with Crippen LogP contribution in [0.5, 0.6) is 0 Å². The molecule has 0 aliphatic carbocycles. The average Bonchev–Trinajstić information content (AvgIpc) is 3.57. The van der Waals surface area contributed by atoms with Gasteiger partial charge in [0.2, 0.25) is 5.91 Å². The molecule has 0 atom stereocenters. The highest BCUT2D eigenvalue weighted by atomic mass is 16.4. The molecule has 0 saturated carbocycles. The first kappa shape index (κ1) is 25.0. The minimum absolute atomic E-state index is 0.146. The first-order chi connectivity index (χ1) is 17.6. The van der Waals surface area contributed by atoms with Crippen molar-refractivity contribution in [2.24, 2.45) is 0 Å². The second-order valence-corrected chi connectivity index (χ2v) is 8.79. The molecule has 0 aliphatic heterocycles.